The minimum Gasteiger partial charge on any atom is -0.475 e. The number of likely N-dealkylation sites (tertiary alicyclic amines) is 1. The topological polar surface area (TPSA) is 63.7 Å². The van der Waals surface area contributed by atoms with E-state index in [0.717, 1.165) is 31.8 Å². The molecule has 0 atom stereocenters. The van der Waals surface area contributed by atoms with Crippen LogP contribution in [0.4, 0.5) is 0 Å². The van der Waals surface area contributed by atoms with Gasteiger partial charge in [0.05, 0.1) is 11.6 Å². The second-order valence-electron chi connectivity index (χ2n) is 5.20. The van der Waals surface area contributed by atoms with Crippen LogP contribution in [-0.4, -0.2) is 42.1 Å². The number of halogens is 2. The monoisotopic (exact) mass is 330 g/mol. The number of ether oxygens (including phenoxy) is 1. The van der Waals surface area contributed by atoms with Crippen LogP contribution < -0.4 is 10.5 Å². The molecule has 0 radical (unpaired) electrons. The highest BCUT2D eigenvalue weighted by molar-refractivity contribution is 6.35. The molecule has 0 spiro atoms. The molecule has 2 rings (SSSR count). The second-order valence-corrected chi connectivity index (χ2v) is 6.04. The van der Waals surface area contributed by atoms with Crippen molar-refractivity contribution in [2.45, 2.75) is 19.8 Å². The second kappa shape index (κ2) is 7.71. The molecular formula is C14H20Cl2N4O. The molecule has 0 aliphatic carbocycles. The lowest BCUT2D eigenvalue weighted by molar-refractivity contribution is 0.275. The predicted octanol–water partition coefficient (Wildman–Crippen LogP) is 2.81. The summed E-state index contributed by atoms with van der Waals surface area (Å²) in [5.74, 6) is 1.72. The Morgan fingerprint density at radius 2 is 2.19 bits per heavy atom. The smallest absolute Gasteiger partial charge is 0.232 e. The number of hydrogen-bond acceptors (Lipinski definition) is 3. The lowest BCUT2D eigenvalue weighted by Gasteiger charge is -2.31. The van der Waals surface area contributed by atoms with Crippen LogP contribution in [0.25, 0.3) is 0 Å². The molecule has 1 aliphatic rings. The molecule has 2 N–H and O–H groups in total. The quantitative estimate of drug-likeness (QED) is 0.523. The van der Waals surface area contributed by atoms with Crippen LogP contribution in [0.2, 0.25) is 10.0 Å². The van der Waals surface area contributed by atoms with Crippen LogP contribution in [0.5, 0.6) is 5.88 Å². The van der Waals surface area contributed by atoms with Crippen molar-refractivity contribution < 1.29 is 4.74 Å². The van der Waals surface area contributed by atoms with Gasteiger partial charge >= 0.3 is 0 Å². The summed E-state index contributed by atoms with van der Waals surface area (Å²) in [6.45, 7) is 5.06. The first-order chi connectivity index (χ1) is 10.1. The molecular weight excluding hydrogens is 311 g/mol. The summed E-state index contributed by atoms with van der Waals surface area (Å²) in [5, 5.41) is 0.874. The minimum absolute atomic E-state index is 0.363. The zero-order valence-electron chi connectivity index (χ0n) is 12.1. The number of rotatable bonds is 4. The standard InChI is InChI=1S/C14H20Cl2N4O/c1-10-2-5-20(6-3-10)14(17)18-4-7-21-13-12(16)8-11(15)9-19-13/h8-10H,2-7H2,1H3,(H2,17,18). The zero-order valence-corrected chi connectivity index (χ0v) is 13.6. The number of piperidine rings is 1. The van der Waals surface area contributed by atoms with Crippen LogP contribution in [0.1, 0.15) is 19.8 Å². The number of aliphatic imine (C=N–C) groups is 1. The van der Waals surface area contributed by atoms with E-state index in [2.05, 4.69) is 21.8 Å². The first kappa shape index (κ1) is 16.2. The molecule has 0 saturated carbocycles. The average molecular weight is 331 g/mol. The van der Waals surface area contributed by atoms with Crippen molar-refractivity contribution in [3.05, 3.63) is 22.3 Å². The normalized spacial score (nSPS) is 17.1. The van der Waals surface area contributed by atoms with Gasteiger partial charge in [-0.3, -0.25) is 0 Å². The molecule has 1 saturated heterocycles. The first-order valence-electron chi connectivity index (χ1n) is 7.05. The van der Waals surface area contributed by atoms with Gasteiger partial charge in [0.25, 0.3) is 0 Å². The molecule has 0 bridgehead atoms. The average Bonchev–Trinajstić information content (AvgIpc) is 2.46. The van der Waals surface area contributed by atoms with E-state index in [-0.39, 0.29) is 0 Å². The summed E-state index contributed by atoms with van der Waals surface area (Å²) < 4.78 is 5.46. The highest BCUT2D eigenvalue weighted by Gasteiger charge is 2.16. The summed E-state index contributed by atoms with van der Waals surface area (Å²) in [4.78, 5) is 10.5. The van der Waals surface area contributed by atoms with Gasteiger partial charge in [0.15, 0.2) is 5.96 Å². The molecule has 1 aromatic heterocycles. The van der Waals surface area contributed by atoms with Crippen LogP contribution in [0.3, 0.4) is 0 Å². The highest BCUT2D eigenvalue weighted by Crippen LogP contribution is 2.24. The molecule has 21 heavy (non-hydrogen) atoms. The highest BCUT2D eigenvalue weighted by atomic mass is 35.5. The predicted molar refractivity (Wildman–Crippen MR) is 86.2 cm³/mol. The number of nitrogens with two attached hydrogens (primary N) is 1. The van der Waals surface area contributed by atoms with Crippen molar-refractivity contribution >= 4 is 29.2 Å². The van der Waals surface area contributed by atoms with Crippen LogP contribution in [0, 0.1) is 5.92 Å². The molecule has 7 heteroatoms. The molecule has 1 fully saturated rings. The van der Waals surface area contributed by atoms with Crippen molar-refractivity contribution in [1.82, 2.24) is 9.88 Å². The summed E-state index contributed by atoms with van der Waals surface area (Å²) >= 11 is 11.7. The Kier molecular flexibility index (Phi) is 5.94. The lowest BCUT2D eigenvalue weighted by Crippen LogP contribution is -2.42. The number of guanidine groups is 1. The third-order valence-corrected chi connectivity index (χ3v) is 3.96. The van der Waals surface area contributed by atoms with Crippen molar-refractivity contribution in [1.29, 1.82) is 0 Å². The van der Waals surface area contributed by atoms with Crippen LogP contribution in [-0.2, 0) is 0 Å². The third-order valence-electron chi connectivity index (χ3n) is 3.49. The molecule has 0 unspecified atom stereocenters. The van der Waals surface area contributed by atoms with E-state index in [1.807, 2.05) is 0 Å². The molecule has 0 amide bonds. The zero-order chi connectivity index (χ0) is 15.2. The number of aromatic nitrogens is 1. The molecule has 1 aliphatic heterocycles. The van der Waals surface area contributed by atoms with E-state index in [9.17, 15) is 0 Å². The van der Waals surface area contributed by atoms with Crippen molar-refractivity contribution in [2.24, 2.45) is 16.6 Å². The lowest BCUT2D eigenvalue weighted by atomic mass is 10.00. The van der Waals surface area contributed by atoms with Gasteiger partial charge in [-0.25, -0.2) is 9.98 Å². The molecule has 116 valence electrons. The van der Waals surface area contributed by atoms with Gasteiger partial charge in [-0.15, -0.1) is 0 Å². The number of pyridine rings is 1. The number of hydrogen-bond donors (Lipinski definition) is 1. The summed E-state index contributed by atoms with van der Waals surface area (Å²) in [5.41, 5.74) is 5.98. The van der Waals surface area contributed by atoms with Gasteiger partial charge in [0.1, 0.15) is 11.6 Å². The molecule has 1 aromatic rings. The Labute approximate surface area is 135 Å². The Balaban J connectivity index is 1.76. The fourth-order valence-corrected chi connectivity index (χ4v) is 2.58. The van der Waals surface area contributed by atoms with Crippen LogP contribution >= 0.6 is 23.2 Å². The maximum absolute atomic E-state index is 5.98. The third kappa shape index (κ3) is 4.93. The van der Waals surface area contributed by atoms with E-state index in [4.69, 9.17) is 33.7 Å². The maximum atomic E-state index is 5.98. The van der Waals surface area contributed by atoms with Gasteiger partial charge < -0.3 is 15.4 Å². The summed E-state index contributed by atoms with van der Waals surface area (Å²) in [6, 6.07) is 1.60. The first-order valence-corrected chi connectivity index (χ1v) is 7.80. The Morgan fingerprint density at radius 1 is 1.48 bits per heavy atom. The Hall–Kier alpha value is -1.20. The largest absolute Gasteiger partial charge is 0.475 e. The van der Waals surface area contributed by atoms with Crippen molar-refractivity contribution in [3.63, 3.8) is 0 Å². The minimum atomic E-state index is 0.363. The fourth-order valence-electron chi connectivity index (χ4n) is 2.15. The molecule has 5 nitrogen and oxygen atoms in total. The van der Waals surface area contributed by atoms with E-state index < -0.39 is 0 Å². The van der Waals surface area contributed by atoms with Crippen molar-refractivity contribution in [3.8, 4) is 5.88 Å². The SMILES string of the molecule is CC1CCN(C(N)=NCCOc2ncc(Cl)cc2Cl)CC1. The molecule has 2 heterocycles. The van der Waals surface area contributed by atoms with E-state index in [1.165, 1.54) is 6.20 Å². The number of nitrogens with zero attached hydrogens (tertiary/aromatic N) is 3. The Morgan fingerprint density at radius 3 is 2.86 bits per heavy atom. The van der Waals surface area contributed by atoms with Gasteiger partial charge in [0, 0.05) is 19.3 Å². The van der Waals surface area contributed by atoms with Gasteiger partial charge in [-0.05, 0) is 24.8 Å². The maximum Gasteiger partial charge on any atom is 0.232 e. The van der Waals surface area contributed by atoms with Gasteiger partial charge in [-0.1, -0.05) is 30.1 Å². The van der Waals surface area contributed by atoms with Crippen LogP contribution in [0.15, 0.2) is 17.3 Å². The van der Waals surface area contributed by atoms with E-state index in [1.54, 1.807) is 6.07 Å². The van der Waals surface area contributed by atoms with E-state index >= 15 is 0 Å². The van der Waals surface area contributed by atoms with Gasteiger partial charge in [-0.2, -0.15) is 0 Å². The molecule has 0 aromatic carbocycles. The van der Waals surface area contributed by atoms with Gasteiger partial charge in [0.2, 0.25) is 5.88 Å². The van der Waals surface area contributed by atoms with Crippen molar-refractivity contribution in [2.75, 3.05) is 26.2 Å². The fraction of sp³-hybridized carbons (Fsp3) is 0.571. The summed E-state index contributed by atoms with van der Waals surface area (Å²) in [6.07, 6.45) is 3.82. The van der Waals surface area contributed by atoms with E-state index in [0.29, 0.717) is 35.0 Å². The Bertz CT molecular complexity index is 502. The summed E-state index contributed by atoms with van der Waals surface area (Å²) in [7, 11) is 0.